The van der Waals surface area contributed by atoms with E-state index in [0.717, 1.165) is 51.8 Å². The first kappa shape index (κ1) is 46.3. The number of nitrogens with zero attached hydrogens (tertiary/aromatic N) is 4. The summed E-state index contributed by atoms with van der Waals surface area (Å²) >= 11 is 0. The summed E-state index contributed by atoms with van der Waals surface area (Å²) in [6, 6.07) is 103. The fourth-order valence-corrected chi connectivity index (χ4v) is 16.5. The van der Waals surface area contributed by atoms with E-state index in [0.29, 0.717) is 5.92 Å². The number of furan rings is 1. The second kappa shape index (κ2) is 17.6. The standard InChI is InChI=1S/C78H53BN4O/c1-5-22-48(23-6-1)51-42-72-75-73(43-51)83(76-53(49-24-7-2-8-25-49)33-19-34-54(76)50-26-9-3-10-27-50)71-46-68-61(56-31-14-16-38-65(56)80(68)52-28-11-4-12-29-52)44-64(71)79(75)63-45-62-59-36-20-35-58-55-30-13-17-39-66(55)82(77(58)59)69(62)47-70(63)81(72)67-40-21-37-60-57-32-15-18-41-74(57)84-78(60)67/h1-44,46,62-63,69-70H,45,47H2. The Balaban J connectivity index is 0.980. The average molecular weight is 1070 g/mol. The monoisotopic (exact) mass is 1070 g/mol. The molecule has 4 aliphatic rings. The van der Waals surface area contributed by atoms with Gasteiger partial charge in [-0.2, -0.15) is 0 Å². The number of anilines is 5. The van der Waals surface area contributed by atoms with Crippen LogP contribution in [-0.4, -0.2) is 21.9 Å². The summed E-state index contributed by atoms with van der Waals surface area (Å²) in [6.07, 6.45) is 1.97. The Morgan fingerprint density at radius 1 is 0.393 bits per heavy atom. The molecule has 6 heteroatoms. The van der Waals surface area contributed by atoms with Gasteiger partial charge in [-0.25, -0.2) is 0 Å². The van der Waals surface area contributed by atoms with Gasteiger partial charge in [-0.15, -0.1) is 0 Å². The van der Waals surface area contributed by atoms with Crippen molar-refractivity contribution in [2.45, 2.75) is 36.7 Å². The summed E-state index contributed by atoms with van der Waals surface area (Å²) in [7, 11) is 0. The number of fused-ring (bicyclic) bond motifs is 16. The summed E-state index contributed by atoms with van der Waals surface area (Å²) in [5, 5.41) is 7.52. The van der Waals surface area contributed by atoms with Crippen LogP contribution in [0, 0.1) is 0 Å². The van der Waals surface area contributed by atoms with Crippen molar-refractivity contribution in [2.75, 3.05) is 9.80 Å². The Kier molecular flexibility index (Phi) is 9.71. The van der Waals surface area contributed by atoms with E-state index in [2.05, 4.69) is 292 Å². The smallest absolute Gasteiger partial charge is 0.222 e. The van der Waals surface area contributed by atoms with Crippen LogP contribution in [0.2, 0.25) is 5.82 Å². The summed E-state index contributed by atoms with van der Waals surface area (Å²) in [5.74, 6) is 0.505. The quantitative estimate of drug-likeness (QED) is 0.155. The van der Waals surface area contributed by atoms with E-state index >= 15 is 0 Å². The van der Waals surface area contributed by atoms with Crippen molar-refractivity contribution in [1.29, 1.82) is 0 Å². The van der Waals surface area contributed by atoms with Crippen LogP contribution in [0.15, 0.2) is 277 Å². The molecule has 394 valence electrons. The first-order valence-corrected chi connectivity index (χ1v) is 29.8. The molecular formula is C78H53BN4O. The maximum absolute atomic E-state index is 7.22. The first-order valence-electron chi connectivity index (χ1n) is 29.8. The highest BCUT2D eigenvalue weighted by molar-refractivity contribution is 6.91. The minimum absolute atomic E-state index is 0.0198. The second-order valence-electron chi connectivity index (χ2n) is 23.8. The molecule has 3 aliphatic heterocycles. The van der Waals surface area contributed by atoms with Crippen LogP contribution in [0.5, 0.6) is 0 Å². The molecule has 1 aliphatic carbocycles. The maximum Gasteiger partial charge on any atom is 0.222 e. The largest absolute Gasteiger partial charge is 0.454 e. The molecule has 84 heavy (non-hydrogen) atoms. The minimum atomic E-state index is 0.0198. The van der Waals surface area contributed by atoms with E-state index in [4.69, 9.17) is 4.42 Å². The Hall–Kier alpha value is -10.3. The number of aromatic nitrogens is 2. The molecule has 1 saturated carbocycles. The predicted molar refractivity (Wildman–Crippen MR) is 351 cm³/mol. The van der Waals surface area contributed by atoms with Gasteiger partial charge in [-0.1, -0.05) is 218 Å². The average Bonchev–Trinajstić information content (AvgIpc) is 1.23. The van der Waals surface area contributed by atoms with Crippen molar-refractivity contribution in [3.63, 3.8) is 0 Å². The first-order chi connectivity index (χ1) is 41.7. The lowest BCUT2D eigenvalue weighted by molar-refractivity contribution is 0.299. The highest BCUT2D eigenvalue weighted by Crippen LogP contribution is 2.62. The zero-order valence-corrected chi connectivity index (χ0v) is 46.0. The fourth-order valence-electron chi connectivity index (χ4n) is 16.5. The lowest BCUT2D eigenvalue weighted by Gasteiger charge is -2.54. The molecule has 0 amide bonds. The molecule has 5 nitrogen and oxygen atoms in total. The van der Waals surface area contributed by atoms with E-state index in [1.807, 2.05) is 0 Å². The lowest BCUT2D eigenvalue weighted by atomic mass is 9.27. The van der Waals surface area contributed by atoms with Gasteiger partial charge >= 0.3 is 0 Å². The van der Waals surface area contributed by atoms with Crippen molar-refractivity contribution >= 4 is 112 Å². The zero-order valence-electron chi connectivity index (χ0n) is 46.0. The molecule has 0 N–H and O–H groups in total. The van der Waals surface area contributed by atoms with Crippen molar-refractivity contribution in [1.82, 2.24) is 9.13 Å². The topological polar surface area (TPSA) is 29.5 Å². The van der Waals surface area contributed by atoms with Crippen molar-refractivity contribution < 1.29 is 4.42 Å². The third kappa shape index (κ3) is 6.40. The Morgan fingerprint density at radius 2 is 0.988 bits per heavy atom. The summed E-state index contributed by atoms with van der Waals surface area (Å²) in [4.78, 5) is 5.53. The van der Waals surface area contributed by atoms with Crippen LogP contribution in [0.1, 0.15) is 30.4 Å². The van der Waals surface area contributed by atoms with Gasteiger partial charge in [0.25, 0.3) is 0 Å². The lowest BCUT2D eigenvalue weighted by Crippen LogP contribution is -2.63. The van der Waals surface area contributed by atoms with E-state index in [-0.39, 0.29) is 24.6 Å². The van der Waals surface area contributed by atoms with Gasteiger partial charge in [0, 0.05) is 89.7 Å². The highest BCUT2D eigenvalue weighted by Gasteiger charge is 2.56. The van der Waals surface area contributed by atoms with Gasteiger partial charge in [0.15, 0.2) is 5.58 Å². The highest BCUT2D eigenvalue weighted by atomic mass is 16.3. The van der Waals surface area contributed by atoms with Gasteiger partial charge in [-0.3, -0.25) is 0 Å². The molecule has 0 spiro atoms. The molecular weight excluding hydrogens is 1020 g/mol. The third-order valence-electron chi connectivity index (χ3n) is 19.8. The molecule has 0 radical (unpaired) electrons. The molecule has 15 aromatic rings. The predicted octanol–water partition coefficient (Wildman–Crippen LogP) is 19.2. The summed E-state index contributed by atoms with van der Waals surface area (Å²) in [5.41, 5.74) is 25.4. The third-order valence-corrected chi connectivity index (χ3v) is 19.8. The number of rotatable bonds is 6. The molecule has 1 fully saturated rings. The Morgan fingerprint density at radius 3 is 1.74 bits per heavy atom. The van der Waals surface area contributed by atoms with Gasteiger partial charge in [0.2, 0.25) is 6.71 Å². The molecule has 3 aromatic heterocycles. The molecule has 4 unspecified atom stereocenters. The number of hydrogen-bond acceptors (Lipinski definition) is 3. The normalized spacial score (nSPS) is 17.6. The van der Waals surface area contributed by atoms with Crippen molar-refractivity contribution in [2.24, 2.45) is 0 Å². The van der Waals surface area contributed by atoms with Crippen LogP contribution in [-0.2, 0) is 0 Å². The molecule has 0 bridgehead atoms. The molecule has 6 heterocycles. The number of hydrogen-bond donors (Lipinski definition) is 0. The van der Waals surface area contributed by atoms with Gasteiger partial charge in [0.05, 0.1) is 27.9 Å². The molecule has 0 saturated heterocycles. The second-order valence-corrected chi connectivity index (χ2v) is 23.8. The zero-order chi connectivity index (χ0) is 54.7. The van der Waals surface area contributed by atoms with Gasteiger partial charge in [0.1, 0.15) is 5.58 Å². The van der Waals surface area contributed by atoms with Crippen LogP contribution >= 0.6 is 0 Å². The summed E-state index contributed by atoms with van der Waals surface area (Å²) in [6.45, 7) is 0.0198. The molecule has 12 aromatic carbocycles. The van der Waals surface area contributed by atoms with E-state index in [1.54, 1.807) is 0 Å². The number of benzene rings is 12. The maximum atomic E-state index is 7.22. The Bertz CT molecular complexity index is 5140. The van der Waals surface area contributed by atoms with Crippen molar-refractivity contribution in [3.8, 4) is 39.1 Å². The number of para-hydroxylation sites is 7. The van der Waals surface area contributed by atoms with Gasteiger partial charge in [-0.05, 0) is 112 Å². The van der Waals surface area contributed by atoms with E-state index in [9.17, 15) is 0 Å². The summed E-state index contributed by atoms with van der Waals surface area (Å²) < 4.78 is 12.5. The van der Waals surface area contributed by atoms with Crippen LogP contribution in [0.3, 0.4) is 0 Å². The molecule has 19 rings (SSSR count). The van der Waals surface area contributed by atoms with Crippen LogP contribution in [0.4, 0.5) is 28.4 Å². The Labute approximate surface area is 486 Å². The van der Waals surface area contributed by atoms with Crippen LogP contribution in [0.25, 0.3) is 105 Å². The van der Waals surface area contributed by atoms with E-state index < -0.39 is 0 Å². The van der Waals surface area contributed by atoms with E-state index in [1.165, 1.54) is 111 Å². The van der Waals surface area contributed by atoms with Crippen molar-refractivity contribution in [3.05, 3.63) is 279 Å². The SMILES string of the molecule is c1ccc(-c2cc3c4c(c2)N(c2cccc5c2oc2ccccc25)C2CC5C(CC2B4c2cc4c6ccccc6n(-c6ccccc6)c4cc2N3c2c(-c3ccccc3)cccc2-c2ccccc2)c2cccc3c4ccccc4n5c23)cc1. The van der Waals surface area contributed by atoms with Crippen LogP contribution < -0.4 is 20.7 Å². The fraction of sp³-hybridized carbons (Fsp3) is 0.0769. The van der Waals surface area contributed by atoms with Gasteiger partial charge < -0.3 is 23.4 Å². The molecule has 4 atom stereocenters. The minimum Gasteiger partial charge on any atom is -0.454 e.